The molecule has 7 nitrogen and oxygen atoms in total. The Hall–Kier alpha value is -2.87. The monoisotopic (exact) mass is 373 g/mol. The van der Waals surface area contributed by atoms with Crippen molar-refractivity contribution in [3.05, 3.63) is 29.9 Å². The molecule has 0 aliphatic heterocycles. The molecule has 26 heavy (non-hydrogen) atoms. The van der Waals surface area contributed by atoms with Gasteiger partial charge in [-0.3, -0.25) is 4.79 Å². The largest absolute Gasteiger partial charge is 0.493 e. The van der Waals surface area contributed by atoms with Crippen LogP contribution in [0.2, 0.25) is 0 Å². The van der Waals surface area contributed by atoms with Crippen molar-refractivity contribution in [1.29, 1.82) is 0 Å². The molecule has 0 radical (unpaired) electrons. The minimum atomic E-state index is -0.804. The van der Waals surface area contributed by atoms with E-state index in [1.54, 1.807) is 14.2 Å². The number of hydrogen-bond donors (Lipinski definition) is 2. The fraction of sp³-hybridized carbons (Fsp3) is 0.278. The summed E-state index contributed by atoms with van der Waals surface area (Å²) in [5, 5.41) is 14.9. The first-order chi connectivity index (χ1) is 12.6. The van der Waals surface area contributed by atoms with Crippen LogP contribution in [0.4, 0.5) is 5.82 Å². The van der Waals surface area contributed by atoms with E-state index in [4.69, 9.17) is 14.6 Å². The van der Waals surface area contributed by atoms with E-state index in [9.17, 15) is 4.79 Å². The number of carboxylic acid groups (broad SMARTS) is 1. The zero-order valence-electron chi connectivity index (χ0n) is 14.5. The van der Waals surface area contributed by atoms with Crippen molar-refractivity contribution in [3.8, 4) is 22.6 Å². The highest BCUT2D eigenvalue weighted by Gasteiger charge is 2.15. The van der Waals surface area contributed by atoms with Crippen LogP contribution >= 0.6 is 11.3 Å². The van der Waals surface area contributed by atoms with E-state index in [1.165, 1.54) is 17.7 Å². The normalized spacial score (nSPS) is 10.7. The second-order valence-corrected chi connectivity index (χ2v) is 6.40. The van der Waals surface area contributed by atoms with Crippen LogP contribution in [0.25, 0.3) is 21.3 Å². The molecular weight excluding hydrogens is 354 g/mol. The number of carboxylic acids is 1. The van der Waals surface area contributed by atoms with Crippen LogP contribution in [0, 0.1) is 0 Å². The number of rotatable bonds is 8. The standard InChI is InChI=1S/C18H19N3O4S/c1-24-13-6-5-11(8-14(13)25-2)12-9-26-18-16(12)17(20-10-21-18)19-7-3-4-15(22)23/h5-6,8-10H,3-4,7H2,1-2H3,(H,22,23)(H,19,20,21). The third-order valence-corrected chi connectivity index (χ3v) is 4.81. The van der Waals surface area contributed by atoms with Gasteiger partial charge in [-0.2, -0.15) is 0 Å². The number of ether oxygens (including phenoxy) is 2. The second kappa shape index (κ2) is 8.01. The maximum Gasteiger partial charge on any atom is 0.303 e. The Labute approximate surface area is 154 Å². The van der Waals surface area contributed by atoms with Crippen LogP contribution in [0.1, 0.15) is 12.8 Å². The predicted octanol–water partition coefficient (Wildman–Crippen LogP) is 3.65. The molecule has 2 heterocycles. The van der Waals surface area contributed by atoms with Gasteiger partial charge < -0.3 is 19.9 Å². The lowest BCUT2D eigenvalue weighted by Gasteiger charge is -2.11. The number of thiophene rings is 1. The molecule has 0 atom stereocenters. The number of methoxy groups -OCH3 is 2. The number of nitrogens with zero attached hydrogens (tertiary/aromatic N) is 2. The Morgan fingerprint density at radius 1 is 1.23 bits per heavy atom. The van der Waals surface area contributed by atoms with Crippen LogP contribution in [-0.4, -0.2) is 41.8 Å². The molecule has 0 aliphatic carbocycles. The van der Waals surface area contributed by atoms with Crippen molar-refractivity contribution >= 4 is 33.3 Å². The van der Waals surface area contributed by atoms with E-state index in [2.05, 4.69) is 15.3 Å². The zero-order valence-corrected chi connectivity index (χ0v) is 15.3. The minimum absolute atomic E-state index is 0.118. The highest BCUT2D eigenvalue weighted by Crippen LogP contribution is 2.39. The van der Waals surface area contributed by atoms with Gasteiger partial charge in [-0.05, 0) is 24.1 Å². The number of benzene rings is 1. The molecule has 2 N–H and O–H groups in total. The van der Waals surface area contributed by atoms with E-state index in [-0.39, 0.29) is 6.42 Å². The highest BCUT2D eigenvalue weighted by molar-refractivity contribution is 7.17. The Kier molecular flexibility index (Phi) is 5.52. The van der Waals surface area contributed by atoms with E-state index >= 15 is 0 Å². The molecule has 0 saturated carbocycles. The SMILES string of the molecule is COc1ccc(-c2csc3ncnc(NCCCC(=O)O)c23)cc1OC. The predicted molar refractivity (Wildman–Crippen MR) is 101 cm³/mol. The van der Waals surface area contributed by atoms with Gasteiger partial charge in [0.2, 0.25) is 0 Å². The Bertz CT molecular complexity index is 926. The zero-order chi connectivity index (χ0) is 18.5. The van der Waals surface area contributed by atoms with Gasteiger partial charge in [0.15, 0.2) is 11.5 Å². The van der Waals surface area contributed by atoms with Crippen molar-refractivity contribution in [2.45, 2.75) is 12.8 Å². The number of aromatic nitrogens is 2. The summed E-state index contributed by atoms with van der Waals surface area (Å²) < 4.78 is 10.7. The van der Waals surface area contributed by atoms with E-state index in [0.717, 1.165) is 21.3 Å². The first-order valence-electron chi connectivity index (χ1n) is 8.04. The first kappa shape index (κ1) is 17.9. The minimum Gasteiger partial charge on any atom is -0.493 e. The number of anilines is 1. The number of fused-ring (bicyclic) bond motifs is 1. The lowest BCUT2D eigenvalue weighted by atomic mass is 10.1. The maximum absolute atomic E-state index is 10.7. The van der Waals surface area contributed by atoms with Gasteiger partial charge in [0.1, 0.15) is 17.0 Å². The van der Waals surface area contributed by atoms with Gasteiger partial charge in [0, 0.05) is 23.9 Å². The van der Waals surface area contributed by atoms with E-state index in [0.29, 0.717) is 30.3 Å². The topological polar surface area (TPSA) is 93.6 Å². The van der Waals surface area contributed by atoms with E-state index in [1.807, 2.05) is 23.6 Å². The van der Waals surface area contributed by atoms with Crippen LogP contribution < -0.4 is 14.8 Å². The Morgan fingerprint density at radius 3 is 2.77 bits per heavy atom. The van der Waals surface area contributed by atoms with Gasteiger partial charge in [-0.1, -0.05) is 6.07 Å². The fourth-order valence-electron chi connectivity index (χ4n) is 2.67. The highest BCUT2D eigenvalue weighted by atomic mass is 32.1. The van der Waals surface area contributed by atoms with Crippen molar-refractivity contribution in [2.75, 3.05) is 26.1 Å². The maximum atomic E-state index is 10.7. The summed E-state index contributed by atoms with van der Waals surface area (Å²) in [5.41, 5.74) is 1.96. The van der Waals surface area contributed by atoms with Crippen molar-refractivity contribution < 1.29 is 19.4 Å². The van der Waals surface area contributed by atoms with Crippen LogP contribution in [-0.2, 0) is 4.79 Å². The number of carbonyl (C=O) groups is 1. The molecule has 0 unspecified atom stereocenters. The summed E-state index contributed by atoms with van der Waals surface area (Å²) >= 11 is 1.53. The Balaban J connectivity index is 1.95. The molecule has 8 heteroatoms. The van der Waals surface area contributed by atoms with Gasteiger partial charge in [-0.15, -0.1) is 11.3 Å². The molecular formula is C18H19N3O4S. The van der Waals surface area contributed by atoms with Crippen molar-refractivity contribution in [3.63, 3.8) is 0 Å². The average molecular weight is 373 g/mol. The number of nitrogens with one attached hydrogen (secondary N) is 1. The van der Waals surface area contributed by atoms with Gasteiger partial charge in [0.25, 0.3) is 0 Å². The molecule has 0 fully saturated rings. The summed E-state index contributed by atoms with van der Waals surface area (Å²) in [6, 6.07) is 5.74. The Morgan fingerprint density at radius 2 is 2.04 bits per heavy atom. The quantitative estimate of drug-likeness (QED) is 0.582. The lowest BCUT2D eigenvalue weighted by molar-refractivity contribution is -0.137. The molecule has 3 aromatic rings. The average Bonchev–Trinajstić information content (AvgIpc) is 3.09. The summed E-state index contributed by atoms with van der Waals surface area (Å²) in [6.07, 6.45) is 2.15. The molecule has 0 amide bonds. The smallest absolute Gasteiger partial charge is 0.303 e. The molecule has 0 aliphatic rings. The lowest BCUT2D eigenvalue weighted by Crippen LogP contribution is -2.06. The van der Waals surface area contributed by atoms with Crippen LogP contribution in [0.15, 0.2) is 29.9 Å². The van der Waals surface area contributed by atoms with E-state index < -0.39 is 5.97 Å². The third-order valence-electron chi connectivity index (χ3n) is 3.92. The summed E-state index contributed by atoms with van der Waals surface area (Å²) in [7, 11) is 3.20. The molecule has 0 spiro atoms. The van der Waals surface area contributed by atoms with Gasteiger partial charge in [0.05, 0.1) is 19.6 Å². The summed E-state index contributed by atoms with van der Waals surface area (Å²) in [6.45, 7) is 0.527. The second-order valence-electron chi connectivity index (χ2n) is 5.55. The molecule has 0 bridgehead atoms. The molecule has 2 aromatic heterocycles. The van der Waals surface area contributed by atoms with Crippen molar-refractivity contribution in [2.24, 2.45) is 0 Å². The van der Waals surface area contributed by atoms with Gasteiger partial charge >= 0.3 is 5.97 Å². The molecule has 0 saturated heterocycles. The molecule has 3 rings (SSSR count). The fourth-order valence-corrected chi connectivity index (χ4v) is 3.59. The van der Waals surface area contributed by atoms with Crippen LogP contribution in [0.3, 0.4) is 0 Å². The first-order valence-corrected chi connectivity index (χ1v) is 8.92. The van der Waals surface area contributed by atoms with Crippen molar-refractivity contribution in [1.82, 2.24) is 9.97 Å². The number of aliphatic carboxylic acids is 1. The van der Waals surface area contributed by atoms with Gasteiger partial charge in [-0.25, -0.2) is 9.97 Å². The third kappa shape index (κ3) is 3.70. The molecule has 136 valence electrons. The number of hydrogen-bond acceptors (Lipinski definition) is 7. The summed E-state index contributed by atoms with van der Waals surface area (Å²) in [5.74, 6) is 1.21. The van der Waals surface area contributed by atoms with Crippen LogP contribution in [0.5, 0.6) is 11.5 Å². The summed E-state index contributed by atoms with van der Waals surface area (Å²) in [4.78, 5) is 20.2. The molecule has 1 aromatic carbocycles.